The van der Waals surface area contributed by atoms with Gasteiger partial charge in [0, 0.05) is 0 Å². The highest BCUT2D eigenvalue weighted by atomic mass is 32.1. The van der Waals surface area contributed by atoms with Gasteiger partial charge in [0.2, 0.25) is 0 Å². The molecule has 0 spiro atoms. The van der Waals surface area contributed by atoms with Crippen molar-refractivity contribution in [1.29, 1.82) is 0 Å². The van der Waals surface area contributed by atoms with Gasteiger partial charge in [0.05, 0.1) is 12.3 Å². The first-order valence-corrected chi connectivity index (χ1v) is 5.37. The number of ether oxygens (including phenoxy) is 1. The number of nitrogens with zero attached hydrogens (tertiary/aromatic N) is 1. The molecule has 0 unspecified atom stereocenters. The summed E-state index contributed by atoms with van der Waals surface area (Å²) in [6.45, 7) is 4.49. The van der Waals surface area contributed by atoms with Crippen LogP contribution in [0.4, 0.5) is 0 Å². The Hall–Kier alpha value is -1.62. The van der Waals surface area contributed by atoms with Crippen molar-refractivity contribution >= 4 is 23.0 Å². The first kappa shape index (κ1) is 12.4. The fourth-order valence-corrected chi connectivity index (χ4v) is 1.21. The number of hydrogen-bond acceptors (Lipinski definition) is 3. The van der Waals surface area contributed by atoms with Gasteiger partial charge in [-0.15, -0.1) is 0 Å². The van der Waals surface area contributed by atoms with E-state index in [0.29, 0.717) is 6.61 Å². The van der Waals surface area contributed by atoms with E-state index in [1.807, 2.05) is 38.1 Å². The molecule has 1 rings (SSSR count). The van der Waals surface area contributed by atoms with Crippen LogP contribution in [-0.2, 0) is 0 Å². The summed E-state index contributed by atoms with van der Waals surface area (Å²) in [5, 5.41) is 4.19. The molecule has 0 heterocycles. The molecule has 0 aliphatic heterocycles. The predicted octanol–water partition coefficient (Wildman–Crippen LogP) is 1.64. The van der Waals surface area contributed by atoms with Gasteiger partial charge >= 0.3 is 0 Å². The monoisotopic (exact) mass is 237 g/mol. The number of nitrogens with one attached hydrogen (secondary N) is 1. The standard InChI is InChI=1S/C11H15N3OS/c1-3-15-10-6-4-9(5-7-10)8(2)13-14-11(12)16/h4-7H,3H2,1-2H3,(H3,12,14,16)/b13-8+. The van der Waals surface area contributed by atoms with Crippen LogP contribution in [0.5, 0.6) is 5.75 Å². The lowest BCUT2D eigenvalue weighted by Gasteiger charge is -2.05. The third kappa shape index (κ3) is 3.86. The zero-order valence-electron chi connectivity index (χ0n) is 9.36. The summed E-state index contributed by atoms with van der Waals surface area (Å²) in [4.78, 5) is 0. The van der Waals surface area contributed by atoms with Crippen LogP contribution >= 0.6 is 12.2 Å². The van der Waals surface area contributed by atoms with E-state index in [1.165, 1.54) is 0 Å². The summed E-state index contributed by atoms with van der Waals surface area (Å²) in [6, 6.07) is 7.67. The fourth-order valence-electron chi connectivity index (χ4n) is 1.16. The summed E-state index contributed by atoms with van der Waals surface area (Å²) >= 11 is 4.66. The SMILES string of the molecule is CCOc1ccc(/C(C)=N/NC(N)=S)cc1. The second-order valence-corrected chi connectivity index (χ2v) is 3.57. The molecule has 0 aromatic heterocycles. The van der Waals surface area contributed by atoms with E-state index in [0.717, 1.165) is 17.0 Å². The Morgan fingerprint density at radius 1 is 1.44 bits per heavy atom. The zero-order valence-corrected chi connectivity index (χ0v) is 10.2. The van der Waals surface area contributed by atoms with E-state index in [-0.39, 0.29) is 5.11 Å². The maximum Gasteiger partial charge on any atom is 0.184 e. The lowest BCUT2D eigenvalue weighted by Crippen LogP contribution is -2.25. The minimum atomic E-state index is 0.158. The number of thiocarbonyl (C=S) groups is 1. The minimum absolute atomic E-state index is 0.158. The molecule has 0 saturated carbocycles. The highest BCUT2D eigenvalue weighted by molar-refractivity contribution is 7.80. The molecule has 1 aromatic rings. The van der Waals surface area contributed by atoms with E-state index in [1.54, 1.807) is 0 Å². The number of nitrogens with two attached hydrogens (primary N) is 1. The van der Waals surface area contributed by atoms with Crippen molar-refractivity contribution in [3.63, 3.8) is 0 Å². The van der Waals surface area contributed by atoms with Gasteiger partial charge in [-0.05, 0) is 55.9 Å². The van der Waals surface area contributed by atoms with Gasteiger partial charge in [-0.25, -0.2) is 0 Å². The van der Waals surface area contributed by atoms with Gasteiger partial charge in [0.15, 0.2) is 5.11 Å². The maximum atomic E-state index is 5.34. The molecule has 86 valence electrons. The molecular formula is C11H15N3OS. The predicted molar refractivity (Wildman–Crippen MR) is 69.7 cm³/mol. The Bertz CT molecular complexity index is 387. The second-order valence-electron chi connectivity index (χ2n) is 3.13. The third-order valence-corrected chi connectivity index (χ3v) is 2.01. The van der Waals surface area contributed by atoms with Crippen molar-refractivity contribution in [1.82, 2.24) is 5.43 Å². The van der Waals surface area contributed by atoms with Gasteiger partial charge in [-0.1, -0.05) is 0 Å². The molecule has 4 nitrogen and oxygen atoms in total. The van der Waals surface area contributed by atoms with Crippen molar-refractivity contribution < 1.29 is 4.74 Å². The first-order chi connectivity index (χ1) is 7.63. The van der Waals surface area contributed by atoms with Crippen LogP contribution in [0, 0.1) is 0 Å². The molecule has 0 atom stereocenters. The van der Waals surface area contributed by atoms with E-state index >= 15 is 0 Å². The van der Waals surface area contributed by atoms with Crippen LogP contribution in [0.25, 0.3) is 0 Å². The smallest absolute Gasteiger partial charge is 0.184 e. The fraction of sp³-hybridized carbons (Fsp3) is 0.273. The van der Waals surface area contributed by atoms with E-state index in [4.69, 9.17) is 10.5 Å². The van der Waals surface area contributed by atoms with Crippen LogP contribution < -0.4 is 15.9 Å². The van der Waals surface area contributed by atoms with Crippen molar-refractivity contribution in [2.24, 2.45) is 10.8 Å². The van der Waals surface area contributed by atoms with Gasteiger partial charge < -0.3 is 10.5 Å². The molecule has 0 radical (unpaired) electrons. The Labute approximate surface area is 100 Å². The third-order valence-electron chi connectivity index (χ3n) is 1.92. The zero-order chi connectivity index (χ0) is 12.0. The molecule has 3 N–H and O–H groups in total. The Balaban J connectivity index is 2.73. The van der Waals surface area contributed by atoms with Crippen LogP contribution in [-0.4, -0.2) is 17.4 Å². The minimum Gasteiger partial charge on any atom is -0.494 e. The molecule has 5 heteroatoms. The topological polar surface area (TPSA) is 59.6 Å². The molecule has 0 amide bonds. The summed E-state index contributed by atoms with van der Waals surface area (Å²) < 4.78 is 5.34. The van der Waals surface area contributed by atoms with E-state index < -0.39 is 0 Å². The first-order valence-electron chi connectivity index (χ1n) is 4.96. The van der Waals surface area contributed by atoms with E-state index in [2.05, 4.69) is 22.7 Å². The quantitative estimate of drug-likeness (QED) is 0.475. The molecule has 16 heavy (non-hydrogen) atoms. The van der Waals surface area contributed by atoms with Crippen LogP contribution in [0.15, 0.2) is 29.4 Å². The average Bonchev–Trinajstić information content (AvgIpc) is 2.27. The Morgan fingerprint density at radius 3 is 2.56 bits per heavy atom. The van der Waals surface area contributed by atoms with Gasteiger partial charge in [-0.3, -0.25) is 5.43 Å². The number of benzene rings is 1. The van der Waals surface area contributed by atoms with Gasteiger partial charge in [-0.2, -0.15) is 5.10 Å². The van der Waals surface area contributed by atoms with Crippen LogP contribution in [0.3, 0.4) is 0 Å². The lowest BCUT2D eigenvalue weighted by atomic mass is 10.1. The highest BCUT2D eigenvalue weighted by Crippen LogP contribution is 2.12. The number of hydrogen-bond donors (Lipinski definition) is 2. The van der Waals surface area contributed by atoms with Crippen LogP contribution in [0.1, 0.15) is 19.4 Å². The number of hydrazone groups is 1. The normalized spacial score (nSPS) is 11.0. The summed E-state index contributed by atoms with van der Waals surface area (Å²) in [5.74, 6) is 0.848. The Kier molecular flexibility index (Phi) is 4.72. The van der Waals surface area contributed by atoms with Crippen molar-refractivity contribution in [3.8, 4) is 5.75 Å². The summed E-state index contributed by atoms with van der Waals surface area (Å²) in [7, 11) is 0. The van der Waals surface area contributed by atoms with E-state index in [9.17, 15) is 0 Å². The molecule has 1 aromatic carbocycles. The number of rotatable bonds is 4. The molecule has 0 fully saturated rings. The maximum absolute atomic E-state index is 5.34. The molecule has 0 saturated heterocycles. The largest absolute Gasteiger partial charge is 0.494 e. The summed E-state index contributed by atoms with van der Waals surface area (Å²) in [5.41, 5.74) is 9.63. The Morgan fingerprint density at radius 2 is 2.06 bits per heavy atom. The molecule has 0 aliphatic rings. The van der Waals surface area contributed by atoms with Crippen molar-refractivity contribution in [2.75, 3.05) is 6.61 Å². The highest BCUT2D eigenvalue weighted by Gasteiger charge is 1.98. The second kappa shape index (κ2) is 6.07. The summed E-state index contributed by atoms with van der Waals surface area (Å²) in [6.07, 6.45) is 0. The van der Waals surface area contributed by atoms with Gasteiger partial charge in [0.25, 0.3) is 0 Å². The van der Waals surface area contributed by atoms with Crippen molar-refractivity contribution in [3.05, 3.63) is 29.8 Å². The molecule has 0 bridgehead atoms. The lowest BCUT2D eigenvalue weighted by molar-refractivity contribution is 0.340. The molecular weight excluding hydrogens is 222 g/mol. The van der Waals surface area contributed by atoms with Gasteiger partial charge in [0.1, 0.15) is 5.75 Å². The molecule has 0 aliphatic carbocycles. The van der Waals surface area contributed by atoms with Crippen LogP contribution in [0.2, 0.25) is 0 Å². The average molecular weight is 237 g/mol. The van der Waals surface area contributed by atoms with Crippen molar-refractivity contribution in [2.45, 2.75) is 13.8 Å².